The van der Waals surface area contributed by atoms with Gasteiger partial charge in [0.05, 0.1) is 11.3 Å². The molecule has 22 heavy (non-hydrogen) atoms. The molecule has 0 spiro atoms. The van der Waals surface area contributed by atoms with Crippen LogP contribution in [0.1, 0.15) is 49.2 Å². The molecular weight excluding hydrogens is 274 g/mol. The van der Waals surface area contributed by atoms with Gasteiger partial charge in [-0.2, -0.15) is 10.4 Å². The Kier molecular flexibility index (Phi) is 4.81. The molecule has 5 nitrogen and oxygen atoms in total. The number of rotatable bonds is 5. The van der Waals surface area contributed by atoms with Crippen molar-refractivity contribution in [1.82, 2.24) is 14.8 Å². The number of nitrogens with zero attached hydrogens (tertiary/aromatic N) is 5. The zero-order valence-corrected chi connectivity index (χ0v) is 14.0. The number of anilines is 1. The van der Waals surface area contributed by atoms with Gasteiger partial charge in [0.1, 0.15) is 11.9 Å². The van der Waals surface area contributed by atoms with Crippen molar-refractivity contribution >= 4 is 5.82 Å². The molecule has 0 aliphatic heterocycles. The fourth-order valence-corrected chi connectivity index (χ4v) is 2.37. The highest BCUT2D eigenvalue weighted by Gasteiger charge is 2.14. The SMILES string of the molecule is CCn1cc(CN(C)c2nc(C(C)C)ccc2C#N)c(C)n1. The Labute approximate surface area is 132 Å². The number of aryl methyl sites for hydroxylation is 2. The molecular formula is C17H23N5. The second-order valence-electron chi connectivity index (χ2n) is 5.83. The van der Waals surface area contributed by atoms with Gasteiger partial charge >= 0.3 is 0 Å². The standard InChI is InChI=1S/C17H23N5/c1-6-22-11-15(13(4)20-22)10-21(5)17-14(9-18)7-8-16(19-17)12(2)3/h7-8,11-12H,6,10H2,1-5H3. The summed E-state index contributed by atoms with van der Waals surface area (Å²) >= 11 is 0. The van der Waals surface area contributed by atoms with Crippen molar-refractivity contribution in [2.75, 3.05) is 11.9 Å². The van der Waals surface area contributed by atoms with Crippen LogP contribution in [0, 0.1) is 18.3 Å². The van der Waals surface area contributed by atoms with E-state index in [2.05, 4.69) is 43.1 Å². The van der Waals surface area contributed by atoms with E-state index in [1.807, 2.05) is 35.7 Å². The Bertz CT molecular complexity index is 694. The van der Waals surface area contributed by atoms with E-state index in [-0.39, 0.29) is 0 Å². The molecule has 2 aromatic rings. The van der Waals surface area contributed by atoms with E-state index in [9.17, 15) is 5.26 Å². The lowest BCUT2D eigenvalue weighted by Gasteiger charge is -2.20. The molecule has 0 saturated carbocycles. The first kappa shape index (κ1) is 16.0. The Hall–Kier alpha value is -2.35. The van der Waals surface area contributed by atoms with E-state index >= 15 is 0 Å². The maximum Gasteiger partial charge on any atom is 0.146 e. The molecule has 0 unspecified atom stereocenters. The fraction of sp³-hybridized carbons (Fsp3) is 0.471. The maximum atomic E-state index is 9.33. The minimum absolute atomic E-state index is 0.337. The molecule has 0 bridgehead atoms. The van der Waals surface area contributed by atoms with Crippen LogP contribution in [0.2, 0.25) is 0 Å². The van der Waals surface area contributed by atoms with Crippen LogP contribution >= 0.6 is 0 Å². The van der Waals surface area contributed by atoms with Crippen LogP contribution in [-0.4, -0.2) is 21.8 Å². The molecule has 2 rings (SSSR count). The fourth-order valence-electron chi connectivity index (χ4n) is 2.37. The topological polar surface area (TPSA) is 57.7 Å². The van der Waals surface area contributed by atoms with Crippen molar-refractivity contribution in [2.45, 2.75) is 46.7 Å². The van der Waals surface area contributed by atoms with Crippen molar-refractivity contribution in [3.63, 3.8) is 0 Å². The normalized spacial score (nSPS) is 10.8. The van der Waals surface area contributed by atoms with Crippen LogP contribution in [0.3, 0.4) is 0 Å². The minimum atomic E-state index is 0.337. The molecule has 0 radical (unpaired) electrons. The first-order valence-electron chi connectivity index (χ1n) is 7.61. The predicted octanol–water partition coefficient (Wildman–Crippen LogP) is 3.24. The van der Waals surface area contributed by atoms with Crippen LogP contribution in [0.4, 0.5) is 5.82 Å². The smallest absolute Gasteiger partial charge is 0.146 e. The lowest BCUT2D eigenvalue weighted by Crippen LogP contribution is -2.20. The third kappa shape index (κ3) is 3.28. The van der Waals surface area contributed by atoms with E-state index < -0.39 is 0 Å². The van der Waals surface area contributed by atoms with Crippen molar-refractivity contribution < 1.29 is 0 Å². The van der Waals surface area contributed by atoms with E-state index in [1.54, 1.807) is 0 Å². The minimum Gasteiger partial charge on any atom is -0.354 e. The lowest BCUT2D eigenvalue weighted by molar-refractivity contribution is 0.653. The van der Waals surface area contributed by atoms with Gasteiger partial charge in [0.2, 0.25) is 0 Å². The van der Waals surface area contributed by atoms with Gasteiger partial charge in [0.15, 0.2) is 0 Å². The monoisotopic (exact) mass is 297 g/mol. The number of hydrogen-bond donors (Lipinski definition) is 0. The summed E-state index contributed by atoms with van der Waals surface area (Å²) in [5, 5.41) is 13.8. The summed E-state index contributed by atoms with van der Waals surface area (Å²) in [6.45, 7) is 9.84. The van der Waals surface area contributed by atoms with Crippen molar-refractivity contribution in [1.29, 1.82) is 5.26 Å². The van der Waals surface area contributed by atoms with E-state index in [1.165, 1.54) is 0 Å². The zero-order chi connectivity index (χ0) is 16.3. The molecule has 0 aliphatic rings. The van der Waals surface area contributed by atoms with Crippen LogP contribution in [0.15, 0.2) is 18.3 Å². The number of aromatic nitrogens is 3. The molecule has 0 N–H and O–H groups in total. The molecule has 5 heteroatoms. The van der Waals surface area contributed by atoms with Gasteiger partial charge in [-0.15, -0.1) is 0 Å². The van der Waals surface area contributed by atoms with E-state index in [4.69, 9.17) is 0 Å². The number of nitriles is 1. The average molecular weight is 297 g/mol. The Morgan fingerprint density at radius 1 is 1.36 bits per heavy atom. The van der Waals surface area contributed by atoms with E-state index in [0.717, 1.165) is 29.3 Å². The third-order valence-corrected chi connectivity index (χ3v) is 3.75. The van der Waals surface area contributed by atoms with Gasteiger partial charge in [-0.1, -0.05) is 13.8 Å². The Balaban J connectivity index is 2.31. The van der Waals surface area contributed by atoms with Crippen molar-refractivity contribution in [3.8, 4) is 6.07 Å². The summed E-state index contributed by atoms with van der Waals surface area (Å²) in [6.07, 6.45) is 2.06. The van der Waals surface area contributed by atoms with Crippen molar-refractivity contribution in [2.24, 2.45) is 0 Å². The molecule has 0 aliphatic carbocycles. The van der Waals surface area contributed by atoms with Crippen molar-refractivity contribution in [3.05, 3.63) is 40.8 Å². The van der Waals surface area contributed by atoms with Gasteiger partial charge in [-0.3, -0.25) is 4.68 Å². The zero-order valence-electron chi connectivity index (χ0n) is 14.0. The summed E-state index contributed by atoms with van der Waals surface area (Å²) in [6, 6.07) is 6.02. The van der Waals surface area contributed by atoms with Crippen LogP contribution in [0.5, 0.6) is 0 Å². The van der Waals surface area contributed by atoms with Gasteiger partial charge in [-0.05, 0) is 31.9 Å². The molecule has 0 saturated heterocycles. The Morgan fingerprint density at radius 2 is 2.09 bits per heavy atom. The highest BCUT2D eigenvalue weighted by atomic mass is 15.3. The first-order valence-corrected chi connectivity index (χ1v) is 7.61. The quantitative estimate of drug-likeness (QED) is 0.850. The molecule has 2 heterocycles. The number of hydrogen-bond acceptors (Lipinski definition) is 4. The highest BCUT2D eigenvalue weighted by Crippen LogP contribution is 2.22. The molecule has 116 valence electrons. The summed E-state index contributed by atoms with van der Waals surface area (Å²) in [5.74, 6) is 1.07. The number of pyridine rings is 1. The largest absolute Gasteiger partial charge is 0.354 e. The van der Waals surface area contributed by atoms with Gasteiger partial charge in [0.25, 0.3) is 0 Å². The lowest BCUT2D eigenvalue weighted by atomic mass is 10.1. The van der Waals surface area contributed by atoms with E-state index in [0.29, 0.717) is 18.0 Å². The predicted molar refractivity (Wildman–Crippen MR) is 87.8 cm³/mol. The summed E-state index contributed by atoms with van der Waals surface area (Å²) in [5.41, 5.74) is 3.78. The van der Waals surface area contributed by atoms with Gasteiger partial charge < -0.3 is 4.90 Å². The van der Waals surface area contributed by atoms with Crippen LogP contribution in [-0.2, 0) is 13.1 Å². The molecule has 0 fully saturated rings. The summed E-state index contributed by atoms with van der Waals surface area (Å²) in [7, 11) is 1.97. The first-order chi connectivity index (χ1) is 10.5. The molecule has 2 aromatic heterocycles. The van der Waals surface area contributed by atoms with Gasteiger partial charge in [0, 0.05) is 37.6 Å². The molecule has 0 aromatic carbocycles. The summed E-state index contributed by atoms with van der Waals surface area (Å²) in [4.78, 5) is 6.69. The van der Waals surface area contributed by atoms with Gasteiger partial charge in [-0.25, -0.2) is 4.98 Å². The second kappa shape index (κ2) is 6.61. The Morgan fingerprint density at radius 3 is 2.64 bits per heavy atom. The second-order valence-corrected chi connectivity index (χ2v) is 5.83. The van der Waals surface area contributed by atoms with Crippen LogP contribution < -0.4 is 4.90 Å². The third-order valence-electron chi connectivity index (χ3n) is 3.75. The highest BCUT2D eigenvalue weighted by molar-refractivity contribution is 5.54. The van der Waals surface area contributed by atoms with Crippen LogP contribution in [0.25, 0.3) is 0 Å². The summed E-state index contributed by atoms with van der Waals surface area (Å²) < 4.78 is 1.93. The molecule has 0 amide bonds. The average Bonchev–Trinajstić information content (AvgIpc) is 2.86. The molecule has 0 atom stereocenters. The maximum absolute atomic E-state index is 9.33.